The van der Waals surface area contributed by atoms with Gasteiger partial charge in [0.25, 0.3) is 0 Å². The Morgan fingerprint density at radius 3 is 2.85 bits per heavy atom. The highest BCUT2D eigenvalue weighted by atomic mass is 16.5. The van der Waals surface area contributed by atoms with E-state index in [-0.39, 0.29) is 18.5 Å². The molecule has 0 unspecified atom stereocenters. The number of ether oxygens (including phenoxy) is 1. The van der Waals surface area contributed by atoms with Crippen LogP contribution in [0.2, 0.25) is 0 Å². The van der Waals surface area contributed by atoms with E-state index >= 15 is 0 Å². The van der Waals surface area contributed by atoms with Crippen LogP contribution in [0, 0.1) is 5.41 Å². The third kappa shape index (κ3) is 2.72. The number of amides is 4. The highest BCUT2D eigenvalue weighted by Gasteiger charge is 2.61. The summed E-state index contributed by atoms with van der Waals surface area (Å²) in [4.78, 5) is 42.4. The maximum Gasteiger partial charge on any atom is 0.330 e. The van der Waals surface area contributed by atoms with Crippen LogP contribution in [-0.2, 0) is 20.7 Å². The number of urea groups is 1. The number of methoxy groups -OCH3 is 1. The largest absolute Gasteiger partial charge is 0.385 e. The summed E-state index contributed by atoms with van der Waals surface area (Å²) < 4.78 is 5.05. The molecule has 0 saturated carbocycles. The first-order valence-electron chi connectivity index (χ1n) is 9.60. The molecule has 0 radical (unpaired) electrons. The fourth-order valence-electron chi connectivity index (χ4n) is 4.82. The molecule has 2 atom stereocenters. The Kier molecular flexibility index (Phi) is 4.63. The average molecular weight is 371 g/mol. The van der Waals surface area contributed by atoms with Gasteiger partial charge in [0.1, 0.15) is 0 Å². The lowest BCUT2D eigenvalue weighted by Gasteiger charge is -2.53. The van der Waals surface area contributed by atoms with Crippen LogP contribution < -0.4 is 10.2 Å². The van der Waals surface area contributed by atoms with Gasteiger partial charge in [0.2, 0.25) is 11.8 Å². The SMILES string of the molecule is COCCCN1C(=O)NC(=O)[C@]2(Cc3ccccc3N3CCCC[C@H]32)C1=O. The van der Waals surface area contributed by atoms with E-state index in [4.69, 9.17) is 4.74 Å². The Morgan fingerprint density at radius 2 is 2.04 bits per heavy atom. The van der Waals surface area contributed by atoms with Crippen LogP contribution in [0.3, 0.4) is 0 Å². The van der Waals surface area contributed by atoms with Crippen LogP contribution in [-0.4, -0.2) is 55.6 Å². The Bertz CT molecular complexity index is 780. The highest BCUT2D eigenvalue weighted by molar-refractivity contribution is 6.20. The lowest BCUT2D eigenvalue weighted by molar-refractivity contribution is -0.154. The van der Waals surface area contributed by atoms with Crippen molar-refractivity contribution in [3.8, 4) is 0 Å². The molecule has 4 amide bonds. The van der Waals surface area contributed by atoms with Gasteiger partial charge in [-0.2, -0.15) is 0 Å². The van der Waals surface area contributed by atoms with Crippen molar-refractivity contribution in [3.63, 3.8) is 0 Å². The molecule has 3 aliphatic heterocycles. The number of rotatable bonds is 4. The molecule has 4 rings (SSSR count). The minimum absolute atomic E-state index is 0.216. The first kappa shape index (κ1) is 18.0. The van der Waals surface area contributed by atoms with Gasteiger partial charge >= 0.3 is 6.03 Å². The van der Waals surface area contributed by atoms with Crippen LogP contribution >= 0.6 is 0 Å². The quantitative estimate of drug-likeness (QED) is 0.644. The molecule has 0 aliphatic carbocycles. The van der Waals surface area contributed by atoms with Gasteiger partial charge in [0.05, 0.1) is 6.04 Å². The minimum Gasteiger partial charge on any atom is -0.385 e. The fraction of sp³-hybridized carbons (Fsp3) is 0.550. The molecule has 7 nitrogen and oxygen atoms in total. The number of fused-ring (bicyclic) bond motifs is 4. The van der Waals surface area contributed by atoms with E-state index < -0.39 is 17.4 Å². The molecule has 2 fully saturated rings. The molecular formula is C20H25N3O4. The van der Waals surface area contributed by atoms with E-state index in [9.17, 15) is 14.4 Å². The molecule has 1 spiro atoms. The van der Waals surface area contributed by atoms with Crippen LogP contribution in [0.1, 0.15) is 31.2 Å². The lowest BCUT2D eigenvalue weighted by atomic mass is 9.66. The Hall–Kier alpha value is -2.41. The molecule has 1 N–H and O–H groups in total. The number of imide groups is 2. The topological polar surface area (TPSA) is 79.0 Å². The zero-order valence-corrected chi connectivity index (χ0v) is 15.6. The molecule has 0 aromatic heterocycles. The lowest BCUT2D eigenvalue weighted by Crippen LogP contribution is -2.72. The number of hydrogen-bond acceptors (Lipinski definition) is 5. The molecule has 7 heteroatoms. The first-order chi connectivity index (χ1) is 13.1. The van der Waals surface area contributed by atoms with Gasteiger partial charge in [-0.1, -0.05) is 18.2 Å². The monoisotopic (exact) mass is 371 g/mol. The Labute approximate surface area is 158 Å². The van der Waals surface area contributed by atoms with Crippen molar-refractivity contribution in [2.45, 2.75) is 38.1 Å². The minimum atomic E-state index is -1.24. The average Bonchev–Trinajstić information content (AvgIpc) is 2.69. The molecular weight excluding hydrogens is 346 g/mol. The second kappa shape index (κ2) is 6.96. The fourth-order valence-corrected chi connectivity index (χ4v) is 4.82. The predicted molar refractivity (Wildman–Crippen MR) is 99.3 cm³/mol. The van der Waals surface area contributed by atoms with E-state index in [2.05, 4.69) is 16.3 Å². The Balaban J connectivity index is 1.75. The zero-order chi connectivity index (χ0) is 19.0. The Morgan fingerprint density at radius 1 is 1.22 bits per heavy atom. The third-order valence-corrected chi connectivity index (χ3v) is 6.07. The number of nitrogens with zero attached hydrogens (tertiary/aromatic N) is 2. The number of carbonyl (C=O) groups is 3. The molecule has 2 saturated heterocycles. The summed E-state index contributed by atoms with van der Waals surface area (Å²) in [5.41, 5.74) is 0.858. The number of anilines is 1. The van der Waals surface area contributed by atoms with Gasteiger partial charge in [-0.25, -0.2) is 4.79 Å². The number of para-hydroxylation sites is 1. The number of benzene rings is 1. The highest BCUT2D eigenvalue weighted by Crippen LogP contribution is 2.47. The summed E-state index contributed by atoms with van der Waals surface area (Å²) in [6.07, 6.45) is 3.66. The van der Waals surface area contributed by atoms with Crippen LogP contribution in [0.5, 0.6) is 0 Å². The standard InChI is InChI=1S/C20H25N3O4/c1-27-12-6-11-23-18(25)20(17(24)21-19(23)26)13-14-7-2-3-8-15(14)22-10-5-4-9-16(20)22/h2-3,7-8,16H,4-6,9-13H2,1H3,(H,21,24,26)/t16-,20+/m0/s1. The van der Waals surface area contributed by atoms with E-state index in [1.54, 1.807) is 7.11 Å². The maximum atomic E-state index is 13.6. The first-order valence-corrected chi connectivity index (χ1v) is 9.60. The number of barbiturate groups is 1. The summed E-state index contributed by atoms with van der Waals surface area (Å²) in [5, 5.41) is 2.47. The van der Waals surface area contributed by atoms with Crippen molar-refractivity contribution in [3.05, 3.63) is 29.8 Å². The maximum absolute atomic E-state index is 13.6. The summed E-state index contributed by atoms with van der Waals surface area (Å²) in [5.74, 6) is -0.814. The van der Waals surface area contributed by atoms with Crippen LogP contribution in [0.25, 0.3) is 0 Å². The van der Waals surface area contributed by atoms with Gasteiger partial charge in [-0.15, -0.1) is 0 Å². The predicted octanol–water partition coefficient (Wildman–Crippen LogP) is 1.70. The van der Waals surface area contributed by atoms with E-state index in [0.717, 1.165) is 37.1 Å². The number of piperidine rings is 1. The van der Waals surface area contributed by atoms with Crippen molar-refractivity contribution in [2.75, 3.05) is 31.7 Å². The van der Waals surface area contributed by atoms with Gasteiger partial charge in [0, 0.05) is 32.5 Å². The normalized spacial score (nSPS) is 27.4. The van der Waals surface area contributed by atoms with E-state index in [1.807, 2.05) is 18.2 Å². The molecule has 3 heterocycles. The van der Waals surface area contributed by atoms with E-state index in [1.165, 1.54) is 4.90 Å². The van der Waals surface area contributed by atoms with Crippen molar-refractivity contribution in [2.24, 2.45) is 5.41 Å². The van der Waals surface area contributed by atoms with Crippen LogP contribution in [0.4, 0.5) is 10.5 Å². The molecule has 0 bridgehead atoms. The number of hydrogen-bond donors (Lipinski definition) is 1. The summed E-state index contributed by atoms with van der Waals surface area (Å²) in [7, 11) is 1.58. The van der Waals surface area contributed by atoms with Gasteiger partial charge in [-0.05, 0) is 43.7 Å². The van der Waals surface area contributed by atoms with Crippen molar-refractivity contribution >= 4 is 23.5 Å². The zero-order valence-electron chi connectivity index (χ0n) is 15.6. The molecule has 3 aliphatic rings. The van der Waals surface area contributed by atoms with Crippen molar-refractivity contribution < 1.29 is 19.1 Å². The summed E-state index contributed by atoms with van der Waals surface area (Å²) in [6.45, 7) is 1.53. The number of carbonyl (C=O) groups excluding carboxylic acids is 3. The molecule has 144 valence electrons. The molecule has 1 aromatic carbocycles. The van der Waals surface area contributed by atoms with Gasteiger partial charge in [0.15, 0.2) is 5.41 Å². The van der Waals surface area contributed by atoms with Gasteiger partial charge in [-0.3, -0.25) is 19.8 Å². The second-order valence-electron chi connectivity index (χ2n) is 7.54. The molecule has 1 aromatic rings. The molecule has 27 heavy (non-hydrogen) atoms. The smallest absolute Gasteiger partial charge is 0.330 e. The van der Waals surface area contributed by atoms with Gasteiger partial charge < -0.3 is 9.64 Å². The van der Waals surface area contributed by atoms with Crippen molar-refractivity contribution in [1.29, 1.82) is 0 Å². The summed E-state index contributed by atoms with van der Waals surface area (Å²) in [6, 6.07) is 7.14. The second-order valence-corrected chi connectivity index (χ2v) is 7.54. The van der Waals surface area contributed by atoms with E-state index in [0.29, 0.717) is 19.4 Å². The third-order valence-electron chi connectivity index (χ3n) is 6.07. The van der Waals surface area contributed by atoms with Crippen LogP contribution in [0.15, 0.2) is 24.3 Å². The number of nitrogens with one attached hydrogen (secondary N) is 1. The van der Waals surface area contributed by atoms with Crippen molar-refractivity contribution in [1.82, 2.24) is 10.2 Å². The summed E-state index contributed by atoms with van der Waals surface area (Å²) >= 11 is 0.